The van der Waals surface area contributed by atoms with Crippen LogP contribution in [-0.2, 0) is 46.6 Å². The fourth-order valence-electron chi connectivity index (χ4n) is 12.1. The molecular formula is C52H104N2O13Si3. The van der Waals surface area contributed by atoms with Crippen molar-refractivity contribution in [3.63, 3.8) is 0 Å². The van der Waals surface area contributed by atoms with Gasteiger partial charge in [0.15, 0.2) is 29.2 Å². The number of oxime groups is 1. The molecule has 15 nitrogen and oxygen atoms in total. The predicted octanol–water partition coefficient (Wildman–Crippen LogP) is 9.48. The van der Waals surface area contributed by atoms with E-state index in [1.165, 1.54) is 6.92 Å². The molecule has 0 aliphatic carbocycles. The number of likely N-dealkylation sites (N-methyl/N-ethyl adjacent to an activating group) is 1. The van der Waals surface area contributed by atoms with E-state index in [4.69, 9.17) is 47.0 Å². The third-order valence-electron chi connectivity index (χ3n) is 15.8. The van der Waals surface area contributed by atoms with E-state index in [1.807, 2.05) is 62.6 Å². The standard InChI is InChI=1S/C52H104N2O13Si3/c1-26-40-52(16,58)45(55)35(10)42(53-67-70(30(2)3,31(4)5)32(6)7)33(8)28-50(14,57)46(64-49-44(65-68(20,21)22)39(54(17)18)27-34(9)60-49)36(11)43(37(12)48(56)62-40)63-41-29-51(15,59-19)47(38(13)61-41)66-69(23,24)25/h30-41,43-47,49,55,57-58H,26-29H2,1-25H3/b53-42+/t33-,34-,35+,36+,37-,38+,39+,40-,41+,43+,44-,45-,46-,47+,49+,50-,51-,52-/m1/s1. The molecule has 0 radical (unpaired) electrons. The molecule has 0 aromatic carbocycles. The zero-order valence-electron chi connectivity index (χ0n) is 48.5. The van der Waals surface area contributed by atoms with Crippen LogP contribution in [0.5, 0.6) is 0 Å². The molecule has 0 amide bonds. The van der Waals surface area contributed by atoms with Gasteiger partial charge in [0, 0.05) is 37.3 Å². The number of carbonyl (C=O) groups excluding carboxylic acids is 1. The minimum absolute atomic E-state index is 0.0708. The number of hydrogen-bond acceptors (Lipinski definition) is 15. The third kappa shape index (κ3) is 15.0. The molecule has 0 bridgehead atoms. The highest BCUT2D eigenvalue weighted by atomic mass is 28.4. The summed E-state index contributed by atoms with van der Waals surface area (Å²) in [7, 11) is -1.17. The van der Waals surface area contributed by atoms with Crippen molar-refractivity contribution in [2.24, 2.45) is 28.8 Å². The second-order valence-electron chi connectivity index (χ2n) is 25.4. The first kappa shape index (κ1) is 63.4. The molecule has 0 aromatic heterocycles. The second-order valence-corrected chi connectivity index (χ2v) is 39.7. The quantitative estimate of drug-likeness (QED) is 0.0757. The Morgan fingerprint density at radius 2 is 1.33 bits per heavy atom. The third-order valence-corrected chi connectivity index (χ3v) is 23.5. The monoisotopic (exact) mass is 1050 g/mol. The van der Waals surface area contributed by atoms with Crippen LogP contribution in [0.1, 0.15) is 136 Å². The Morgan fingerprint density at radius 3 is 1.80 bits per heavy atom. The number of carbonyl (C=O) groups is 1. The van der Waals surface area contributed by atoms with Crippen LogP contribution in [0, 0.1) is 23.7 Å². The van der Waals surface area contributed by atoms with Gasteiger partial charge in [-0.1, -0.05) is 69.2 Å². The summed E-state index contributed by atoms with van der Waals surface area (Å²) in [6.07, 6.45) is -6.75. The summed E-state index contributed by atoms with van der Waals surface area (Å²) in [5, 5.41) is 43.3. The summed E-state index contributed by atoms with van der Waals surface area (Å²) in [5.41, 5.74) is -3.35. The fourth-order valence-corrected chi connectivity index (χ4v) is 19.3. The number of aliphatic hydroxyl groups excluding tert-OH is 1. The Bertz CT molecular complexity index is 1670. The van der Waals surface area contributed by atoms with E-state index < -0.39 is 121 Å². The zero-order valence-corrected chi connectivity index (χ0v) is 51.5. The van der Waals surface area contributed by atoms with Gasteiger partial charge >= 0.3 is 5.97 Å². The van der Waals surface area contributed by atoms with Gasteiger partial charge in [-0.15, -0.1) is 5.16 Å². The molecular weight excluding hydrogens is 945 g/mol. The van der Waals surface area contributed by atoms with Gasteiger partial charge in [-0.05, 0) is 131 Å². The maximum atomic E-state index is 14.9. The summed E-state index contributed by atoms with van der Waals surface area (Å²) in [5.74, 6) is -3.73. The normalized spacial score (nSPS) is 41.1. The van der Waals surface area contributed by atoms with E-state index in [9.17, 15) is 20.1 Å². The topological polar surface area (TPSA) is 176 Å². The molecule has 70 heavy (non-hydrogen) atoms. The molecule has 3 N–H and O–H groups in total. The fraction of sp³-hybridized carbons (Fsp3) is 0.962. The first-order valence-corrected chi connectivity index (χ1v) is 35.6. The van der Waals surface area contributed by atoms with Gasteiger partial charge in [-0.3, -0.25) is 4.79 Å². The van der Waals surface area contributed by atoms with Crippen molar-refractivity contribution in [1.29, 1.82) is 0 Å². The Balaban J connectivity index is 2.41. The Hall–Kier alpha value is -0.849. The average molecular weight is 1050 g/mol. The van der Waals surface area contributed by atoms with Gasteiger partial charge in [0.25, 0.3) is 8.32 Å². The summed E-state index contributed by atoms with van der Waals surface area (Å²) in [4.78, 5) is 17.0. The molecule has 0 saturated carbocycles. The zero-order chi connectivity index (χ0) is 54.0. The van der Waals surface area contributed by atoms with Crippen molar-refractivity contribution in [1.82, 2.24) is 4.90 Å². The smallest absolute Gasteiger partial charge is 0.311 e. The molecule has 3 rings (SSSR count). The Kier molecular flexibility index (Phi) is 22.1. The van der Waals surface area contributed by atoms with Crippen molar-refractivity contribution < 1.29 is 61.9 Å². The number of cyclic esters (lactones) is 1. The summed E-state index contributed by atoms with van der Waals surface area (Å²) in [6, 6.07) is -0.0708. The van der Waals surface area contributed by atoms with E-state index in [2.05, 4.69) is 85.7 Å². The first-order chi connectivity index (χ1) is 31.8. The van der Waals surface area contributed by atoms with Crippen molar-refractivity contribution in [2.45, 2.75) is 277 Å². The van der Waals surface area contributed by atoms with E-state index in [-0.39, 0.29) is 54.1 Å². The molecule has 3 saturated heterocycles. The Labute approximate surface area is 428 Å². The molecule has 18 heteroatoms. The molecule has 0 unspecified atom stereocenters. The van der Waals surface area contributed by atoms with Gasteiger partial charge in [-0.2, -0.15) is 0 Å². The van der Waals surface area contributed by atoms with Crippen LogP contribution in [0.15, 0.2) is 5.16 Å². The lowest BCUT2D eigenvalue weighted by Gasteiger charge is -2.51. The molecule has 3 aliphatic rings. The van der Waals surface area contributed by atoms with Crippen LogP contribution >= 0.6 is 0 Å². The number of nitrogens with zero attached hydrogens (tertiary/aromatic N) is 2. The maximum Gasteiger partial charge on any atom is 0.311 e. The minimum Gasteiger partial charge on any atom is -0.459 e. The minimum atomic E-state index is -2.62. The summed E-state index contributed by atoms with van der Waals surface area (Å²) < 4.78 is 61.0. The van der Waals surface area contributed by atoms with Gasteiger partial charge in [0.2, 0.25) is 0 Å². The van der Waals surface area contributed by atoms with Crippen LogP contribution < -0.4 is 0 Å². The van der Waals surface area contributed by atoms with E-state index in [0.29, 0.717) is 12.1 Å². The molecule has 0 spiro atoms. The summed E-state index contributed by atoms with van der Waals surface area (Å²) in [6.45, 7) is 44.4. The molecule has 3 aliphatic heterocycles. The van der Waals surface area contributed by atoms with Gasteiger partial charge in [0.05, 0.1) is 59.5 Å². The lowest BCUT2D eigenvalue weighted by Crippen LogP contribution is -2.62. The molecule has 0 aromatic rings. The Morgan fingerprint density at radius 1 is 0.786 bits per heavy atom. The van der Waals surface area contributed by atoms with Gasteiger partial charge < -0.3 is 62.0 Å². The van der Waals surface area contributed by atoms with Crippen LogP contribution in [0.2, 0.25) is 55.9 Å². The number of ether oxygens (including phenoxy) is 6. The van der Waals surface area contributed by atoms with Crippen LogP contribution in [0.3, 0.4) is 0 Å². The van der Waals surface area contributed by atoms with Crippen LogP contribution in [0.25, 0.3) is 0 Å². The highest BCUT2D eigenvalue weighted by molar-refractivity contribution is 6.77. The maximum absolute atomic E-state index is 14.9. The second kappa shape index (κ2) is 24.4. The highest BCUT2D eigenvalue weighted by Crippen LogP contribution is 2.45. The molecule has 18 atom stereocenters. The number of aliphatic hydroxyl groups is 3. The summed E-state index contributed by atoms with van der Waals surface area (Å²) >= 11 is 0. The lowest BCUT2D eigenvalue weighted by molar-refractivity contribution is -0.315. The van der Waals surface area contributed by atoms with Gasteiger partial charge in [0.1, 0.15) is 17.8 Å². The lowest BCUT2D eigenvalue weighted by atomic mass is 9.73. The largest absolute Gasteiger partial charge is 0.459 e. The van der Waals surface area contributed by atoms with Gasteiger partial charge in [-0.25, -0.2) is 0 Å². The van der Waals surface area contributed by atoms with Crippen molar-refractivity contribution >= 4 is 36.6 Å². The van der Waals surface area contributed by atoms with Crippen molar-refractivity contribution in [2.75, 3.05) is 21.2 Å². The number of methoxy groups -OCH3 is 1. The van der Waals surface area contributed by atoms with E-state index in [1.54, 1.807) is 21.0 Å². The first-order valence-electron chi connectivity index (χ1n) is 26.6. The molecule has 412 valence electrons. The molecule has 3 fully saturated rings. The SMILES string of the molecule is CC[C@H]1OC(=O)[C@H](C)[C@@H](O[C@H]2C[C@@](C)(OC)[C@@H](O[Si](C)(C)C)[C@H](C)O2)[C@H](C)[C@@H](O[C@@H]2O[C@H](C)C[C@H](N(C)C)[C@H]2O[Si](C)(C)C)[C@](C)(O)C[C@@H](C)/C(=N\O[Si](C(C)C)(C(C)C)C(C)C)[C@H](C)[C@@H](O)[C@]1(C)O. The van der Waals surface area contributed by atoms with Crippen molar-refractivity contribution in [3.8, 4) is 0 Å². The number of rotatable bonds is 16. The van der Waals surface area contributed by atoms with Crippen LogP contribution in [-0.4, -0.2) is 162 Å². The number of esters is 1. The van der Waals surface area contributed by atoms with E-state index >= 15 is 0 Å². The highest BCUT2D eigenvalue weighted by Gasteiger charge is 2.55. The van der Waals surface area contributed by atoms with E-state index in [0.717, 1.165) is 0 Å². The molecule has 3 heterocycles. The van der Waals surface area contributed by atoms with Crippen molar-refractivity contribution in [3.05, 3.63) is 0 Å². The van der Waals surface area contributed by atoms with Crippen LogP contribution in [0.4, 0.5) is 0 Å². The number of hydrogen-bond donors (Lipinski definition) is 3. The average Bonchev–Trinajstić information content (AvgIpc) is 3.21. The predicted molar refractivity (Wildman–Crippen MR) is 285 cm³/mol.